The van der Waals surface area contributed by atoms with Crippen LogP contribution in [0.4, 0.5) is 4.79 Å². The van der Waals surface area contributed by atoms with Crippen LogP contribution in [0.1, 0.15) is 23.1 Å². The standard InChI is InChI=1S/C31H35N7O4/c1-21-8-12-24(13-9-21)42-31(41)37-16-17-38(30(40)25(32)14-10-22-6-4-3-5-7-22)28(20-37)29(39)33-19-23-11-15-27-26(18-23)34-35-36(27)2/h3-9,11-13,15,18,25,28H,10,14,16-17,19-20,32H2,1-2H3,(H,33,39). The van der Waals surface area contributed by atoms with Gasteiger partial charge < -0.3 is 25.6 Å². The number of amides is 3. The Morgan fingerprint density at radius 1 is 1.02 bits per heavy atom. The number of ether oxygens (including phenoxy) is 1. The van der Waals surface area contributed by atoms with Crippen molar-refractivity contribution in [3.05, 3.63) is 89.5 Å². The lowest BCUT2D eigenvalue weighted by molar-refractivity contribution is -0.144. The molecule has 3 aromatic carbocycles. The Bertz CT molecular complexity index is 1550. The van der Waals surface area contributed by atoms with E-state index in [1.54, 1.807) is 16.8 Å². The minimum absolute atomic E-state index is 0.0170. The number of rotatable bonds is 8. The molecule has 1 saturated heterocycles. The molecule has 0 radical (unpaired) electrons. The Kier molecular flexibility index (Phi) is 8.77. The van der Waals surface area contributed by atoms with Gasteiger partial charge in [-0.2, -0.15) is 0 Å². The fourth-order valence-electron chi connectivity index (χ4n) is 5.02. The van der Waals surface area contributed by atoms with Gasteiger partial charge in [-0.15, -0.1) is 5.10 Å². The van der Waals surface area contributed by atoms with Gasteiger partial charge in [0.2, 0.25) is 11.8 Å². The van der Waals surface area contributed by atoms with Crippen molar-refractivity contribution in [3.63, 3.8) is 0 Å². The van der Waals surface area contributed by atoms with E-state index in [-0.39, 0.29) is 38.0 Å². The molecule has 1 aliphatic rings. The zero-order valence-electron chi connectivity index (χ0n) is 23.8. The number of carbonyl (C=O) groups excluding carboxylic acids is 3. The van der Waals surface area contributed by atoms with E-state index in [9.17, 15) is 14.4 Å². The summed E-state index contributed by atoms with van der Waals surface area (Å²) < 4.78 is 7.23. The van der Waals surface area contributed by atoms with Gasteiger partial charge in [0.25, 0.3) is 0 Å². The van der Waals surface area contributed by atoms with Gasteiger partial charge in [0.1, 0.15) is 17.3 Å². The molecule has 1 fully saturated rings. The fraction of sp³-hybridized carbons (Fsp3) is 0.323. The number of nitrogens with two attached hydrogens (primary N) is 1. The number of hydrogen-bond donors (Lipinski definition) is 2. The van der Waals surface area contributed by atoms with Crippen LogP contribution in [0.15, 0.2) is 72.8 Å². The SMILES string of the molecule is Cc1ccc(OC(=O)N2CCN(C(=O)C(N)CCc3ccccc3)C(C(=O)NCc3ccc4c(c3)nnn4C)C2)cc1. The number of nitrogens with one attached hydrogen (secondary N) is 1. The Morgan fingerprint density at radius 3 is 2.55 bits per heavy atom. The van der Waals surface area contributed by atoms with Crippen LogP contribution in [0, 0.1) is 6.92 Å². The van der Waals surface area contributed by atoms with Crippen LogP contribution in [0.25, 0.3) is 11.0 Å². The van der Waals surface area contributed by atoms with E-state index in [4.69, 9.17) is 10.5 Å². The third-order valence-corrected chi connectivity index (χ3v) is 7.50. The molecular weight excluding hydrogens is 534 g/mol. The van der Waals surface area contributed by atoms with Crippen LogP contribution in [0.3, 0.4) is 0 Å². The molecule has 218 valence electrons. The smallest absolute Gasteiger partial charge is 0.410 e. The van der Waals surface area contributed by atoms with Crippen LogP contribution in [0.2, 0.25) is 0 Å². The lowest BCUT2D eigenvalue weighted by Gasteiger charge is -2.40. The molecule has 3 amide bonds. The van der Waals surface area contributed by atoms with E-state index in [0.717, 1.165) is 22.2 Å². The molecule has 0 aliphatic carbocycles. The number of fused-ring (bicyclic) bond motifs is 1. The summed E-state index contributed by atoms with van der Waals surface area (Å²) in [5.74, 6) is -0.295. The molecule has 11 heteroatoms. The number of carbonyl (C=O) groups is 3. The lowest BCUT2D eigenvalue weighted by Crippen LogP contribution is -2.64. The second-order valence-corrected chi connectivity index (χ2v) is 10.6. The van der Waals surface area contributed by atoms with Crippen molar-refractivity contribution in [1.82, 2.24) is 30.1 Å². The summed E-state index contributed by atoms with van der Waals surface area (Å²) in [6, 6.07) is 20.9. The molecule has 2 atom stereocenters. The van der Waals surface area contributed by atoms with Gasteiger partial charge in [-0.05, 0) is 55.2 Å². The molecule has 0 saturated carbocycles. The summed E-state index contributed by atoms with van der Waals surface area (Å²) in [6.07, 6.45) is 0.494. The van der Waals surface area contributed by atoms with Gasteiger partial charge in [0.15, 0.2) is 0 Å². The number of aryl methyl sites for hydroxylation is 3. The summed E-state index contributed by atoms with van der Waals surface area (Å²) in [7, 11) is 1.81. The predicted octanol–water partition coefficient (Wildman–Crippen LogP) is 2.56. The first-order valence-corrected chi connectivity index (χ1v) is 14.0. The normalized spacial score (nSPS) is 15.8. The Labute approximate surface area is 244 Å². The molecule has 3 N–H and O–H groups in total. The van der Waals surface area contributed by atoms with Crippen LogP contribution in [0.5, 0.6) is 5.75 Å². The quantitative estimate of drug-likeness (QED) is 0.333. The summed E-state index contributed by atoms with van der Waals surface area (Å²) in [5, 5.41) is 11.1. The Balaban J connectivity index is 1.28. The third-order valence-electron chi connectivity index (χ3n) is 7.50. The van der Waals surface area contributed by atoms with E-state index in [1.807, 2.05) is 74.6 Å². The summed E-state index contributed by atoms with van der Waals surface area (Å²) >= 11 is 0. The number of nitrogens with zero attached hydrogens (tertiary/aromatic N) is 5. The van der Waals surface area contributed by atoms with Crippen LogP contribution >= 0.6 is 0 Å². The highest BCUT2D eigenvalue weighted by Gasteiger charge is 2.39. The Hall–Kier alpha value is -4.77. The molecule has 2 unspecified atom stereocenters. The maximum atomic E-state index is 13.6. The molecule has 11 nitrogen and oxygen atoms in total. The van der Waals surface area contributed by atoms with Crippen molar-refractivity contribution < 1.29 is 19.1 Å². The summed E-state index contributed by atoms with van der Waals surface area (Å²) in [4.78, 5) is 43.1. The highest BCUT2D eigenvalue weighted by molar-refractivity contribution is 5.91. The van der Waals surface area contributed by atoms with Crippen LogP contribution in [-0.2, 0) is 29.6 Å². The van der Waals surface area contributed by atoms with Crippen molar-refractivity contribution >= 4 is 28.9 Å². The molecule has 1 aromatic heterocycles. The minimum Gasteiger partial charge on any atom is -0.410 e. The van der Waals surface area contributed by atoms with Crippen molar-refractivity contribution in [2.45, 2.75) is 38.4 Å². The van der Waals surface area contributed by atoms with E-state index >= 15 is 0 Å². The number of aromatic nitrogens is 3. The first-order chi connectivity index (χ1) is 20.3. The van der Waals surface area contributed by atoms with Crippen molar-refractivity contribution in [1.29, 1.82) is 0 Å². The van der Waals surface area contributed by atoms with Crippen molar-refractivity contribution in [3.8, 4) is 5.75 Å². The molecule has 0 bridgehead atoms. The van der Waals surface area contributed by atoms with Crippen LogP contribution in [-0.4, -0.2) is 74.4 Å². The molecule has 42 heavy (non-hydrogen) atoms. The number of benzene rings is 3. The minimum atomic E-state index is -0.931. The number of piperazine rings is 1. The highest BCUT2D eigenvalue weighted by Crippen LogP contribution is 2.18. The van der Waals surface area contributed by atoms with Crippen molar-refractivity contribution in [2.24, 2.45) is 12.8 Å². The van der Waals surface area contributed by atoms with Gasteiger partial charge in [-0.1, -0.05) is 59.3 Å². The predicted molar refractivity (Wildman–Crippen MR) is 157 cm³/mol. The van der Waals surface area contributed by atoms with E-state index in [1.165, 1.54) is 9.80 Å². The molecule has 4 aromatic rings. The van der Waals surface area contributed by atoms with E-state index < -0.39 is 18.2 Å². The van der Waals surface area contributed by atoms with Crippen molar-refractivity contribution in [2.75, 3.05) is 19.6 Å². The maximum Gasteiger partial charge on any atom is 0.415 e. The van der Waals surface area contributed by atoms with Gasteiger partial charge >= 0.3 is 6.09 Å². The molecule has 2 heterocycles. The zero-order valence-corrected chi connectivity index (χ0v) is 23.8. The van der Waals surface area contributed by atoms with Gasteiger partial charge in [-0.25, -0.2) is 9.48 Å². The highest BCUT2D eigenvalue weighted by atomic mass is 16.6. The average molecular weight is 570 g/mol. The second kappa shape index (κ2) is 12.8. The topological polar surface area (TPSA) is 136 Å². The Morgan fingerprint density at radius 2 is 1.79 bits per heavy atom. The second-order valence-electron chi connectivity index (χ2n) is 10.6. The van der Waals surface area contributed by atoms with Crippen LogP contribution < -0.4 is 15.8 Å². The lowest BCUT2D eigenvalue weighted by atomic mass is 10.0. The third kappa shape index (κ3) is 6.74. The average Bonchev–Trinajstić information content (AvgIpc) is 3.39. The summed E-state index contributed by atoms with van der Waals surface area (Å²) in [5.41, 5.74) is 10.9. The van der Waals surface area contributed by atoms with Gasteiger partial charge in [-0.3, -0.25) is 9.59 Å². The number of hydrogen-bond acceptors (Lipinski definition) is 7. The van der Waals surface area contributed by atoms with Gasteiger partial charge in [0, 0.05) is 26.7 Å². The molecular formula is C31H35N7O4. The molecule has 1 aliphatic heterocycles. The first-order valence-electron chi connectivity index (χ1n) is 14.0. The van der Waals surface area contributed by atoms with Gasteiger partial charge in [0.05, 0.1) is 18.1 Å². The molecule has 5 rings (SSSR count). The molecule has 0 spiro atoms. The maximum absolute atomic E-state index is 13.6. The first kappa shape index (κ1) is 28.7. The fourth-order valence-corrected chi connectivity index (χ4v) is 5.02. The monoisotopic (exact) mass is 569 g/mol. The van der Waals surface area contributed by atoms with E-state index in [0.29, 0.717) is 24.1 Å². The zero-order chi connectivity index (χ0) is 29.6. The van der Waals surface area contributed by atoms with E-state index in [2.05, 4.69) is 15.6 Å². The summed E-state index contributed by atoms with van der Waals surface area (Å²) in [6.45, 7) is 2.52. The largest absolute Gasteiger partial charge is 0.415 e.